The Hall–Kier alpha value is -2.51. The lowest BCUT2D eigenvalue weighted by molar-refractivity contribution is 0.371. The molecule has 1 radical (unpaired) electrons. The minimum absolute atomic E-state index is 0.448. The molecular weight excluding hydrogens is 304 g/mol. The third-order valence-electron chi connectivity index (χ3n) is 4.65. The van der Waals surface area contributed by atoms with Gasteiger partial charge in [-0.1, -0.05) is 17.3 Å². The molecule has 5 rings (SSSR count). The number of anilines is 2. The van der Waals surface area contributed by atoms with E-state index in [1.54, 1.807) is 0 Å². The second-order valence-electron chi connectivity index (χ2n) is 6.53. The first-order chi connectivity index (χ1) is 11.7. The Bertz CT molecular complexity index is 863. The number of rotatable bonds is 3. The highest BCUT2D eigenvalue weighted by atomic mass is 16.5. The Morgan fingerprint density at radius 2 is 2.08 bits per heavy atom. The summed E-state index contributed by atoms with van der Waals surface area (Å²) in [5, 5.41) is 8.47. The summed E-state index contributed by atoms with van der Waals surface area (Å²) in [6.07, 6.45) is 4.14. The minimum Gasteiger partial charge on any atom is -0.339 e. The van der Waals surface area contributed by atoms with E-state index in [0.717, 1.165) is 41.5 Å². The Balaban J connectivity index is 1.60. The lowest BCUT2D eigenvalue weighted by atomic mass is 10.1. The number of hydrazine groups is 1. The van der Waals surface area contributed by atoms with Gasteiger partial charge in [-0.15, -0.1) is 0 Å². The maximum atomic E-state index is 5.41. The van der Waals surface area contributed by atoms with Crippen molar-refractivity contribution < 1.29 is 4.52 Å². The Labute approximate surface area is 139 Å². The van der Waals surface area contributed by atoms with Crippen molar-refractivity contribution in [2.24, 2.45) is 4.99 Å². The molecule has 0 bridgehead atoms. The molecule has 0 unspecified atom stereocenters. The van der Waals surface area contributed by atoms with Gasteiger partial charge in [0, 0.05) is 26.1 Å². The summed E-state index contributed by atoms with van der Waals surface area (Å²) in [6.45, 7) is 0.715. The van der Waals surface area contributed by atoms with E-state index in [1.165, 1.54) is 0 Å². The molecule has 1 saturated carbocycles. The summed E-state index contributed by atoms with van der Waals surface area (Å²) in [4.78, 5) is 11.3. The number of hydrogen-bond donors (Lipinski definition) is 0. The average molecular weight is 322 g/mol. The van der Waals surface area contributed by atoms with Crippen LogP contribution in [0.15, 0.2) is 39.5 Å². The van der Waals surface area contributed by atoms with Crippen LogP contribution in [0.5, 0.6) is 0 Å². The van der Waals surface area contributed by atoms with Crippen LogP contribution >= 0.6 is 0 Å². The van der Waals surface area contributed by atoms with Crippen molar-refractivity contribution in [1.29, 1.82) is 0 Å². The smallest absolute Gasteiger partial charge is 0.251 e. The van der Waals surface area contributed by atoms with Crippen molar-refractivity contribution in [3.8, 4) is 0 Å². The molecule has 1 aliphatic carbocycles. The summed E-state index contributed by atoms with van der Waals surface area (Å²) in [6, 6.07) is 8.32. The second kappa shape index (κ2) is 4.99. The van der Waals surface area contributed by atoms with Crippen LogP contribution in [-0.4, -0.2) is 42.1 Å². The second-order valence-corrected chi connectivity index (χ2v) is 6.53. The fourth-order valence-corrected chi connectivity index (χ4v) is 3.22. The number of benzene rings is 1. The normalized spacial score (nSPS) is 20.0. The zero-order valence-corrected chi connectivity index (χ0v) is 13.7. The molecule has 1 fully saturated rings. The lowest BCUT2D eigenvalue weighted by Gasteiger charge is -2.34. The molecular formula is C17H18N6O+. The number of nitrogens with zero attached hydrogens (tertiary/aromatic N) is 6. The van der Waals surface area contributed by atoms with E-state index in [9.17, 15) is 0 Å². The molecule has 121 valence electrons. The van der Waals surface area contributed by atoms with Crippen LogP contribution in [0.2, 0.25) is 0 Å². The van der Waals surface area contributed by atoms with Crippen LogP contribution in [0.3, 0.4) is 0 Å². The number of aliphatic imine (C=N–C) groups is 1. The molecule has 3 heterocycles. The van der Waals surface area contributed by atoms with Crippen molar-refractivity contribution in [3.05, 3.63) is 41.7 Å². The van der Waals surface area contributed by atoms with E-state index in [2.05, 4.69) is 48.2 Å². The van der Waals surface area contributed by atoms with Crippen molar-refractivity contribution in [1.82, 2.24) is 20.0 Å². The zero-order valence-electron chi connectivity index (χ0n) is 13.7. The first kappa shape index (κ1) is 13.9. The van der Waals surface area contributed by atoms with E-state index in [-0.39, 0.29) is 0 Å². The number of fused-ring (bicyclic) bond motifs is 3. The third-order valence-corrected chi connectivity index (χ3v) is 4.65. The summed E-state index contributed by atoms with van der Waals surface area (Å²) in [7, 11) is 4.09. The van der Waals surface area contributed by atoms with Crippen molar-refractivity contribution >= 4 is 23.4 Å². The van der Waals surface area contributed by atoms with Crippen LogP contribution in [0.1, 0.15) is 30.5 Å². The van der Waals surface area contributed by atoms with Gasteiger partial charge in [-0.25, -0.2) is 5.01 Å². The molecule has 3 aliphatic rings. The number of aromatic nitrogens is 2. The predicted molar refractivity (Wildman–Crippen MR) is 91.0 cm³/mol. The van der Waals surface area contributed by atoms with E-state index < -0.39 is 0 Å². The van der Waals surface area contributed by atoms with Gasteiger partial charge in [-0.3, -0.25) is 5.01 Å². The molecule has 2 aliphatic heterocycles. The van der Waals surface area contributed by atoms with Crippen LogP contribution in [0, 0.1) is 0 Å². The number of para-hydroxylation sites is 2. The fraction of sp³-hybridized carbons (Fsp3) is 0.353. The average Bonchev–Trinajstić information content (AvgIpc) is 3.17. The molecule has 0 spiro atoms. The molecule has 7 heteroatoms. The molecule has 0 atom stereocenters. The van der Waals surface area contributed by atoms with Gasteiger partial charge in [0.1, 0.15) is 12.2 Å². The van der Waals surface area contributed by atoms with E-state index in [1.807, 2.05) is 26.5 Å². The van der Waals surface area contributed by atoms with E-state index in [0.29, 0.717) is 18.3 Å². The Morgan fingerprint density at radius 1 is 1.25 bits per heavy atom. The molecule has 24 heavy (non-hydrogen) atoms. The van der Waals surface area contributed by atoms with Crippen LogP contribution in [0.4, 0.5) is 11.4 Å². The SMILES string of the molecule is CN(C)N1CC2=C(c3noc(C4CC4)n3)N=C[N+]2c2ccccc21. The summed E-state index contributed by atoms with van der Waals surface area (Å²) >= 11 is 0. The summed E-state index contributed by atoms with van der Waals surface area (Å²) in [5.74, 6) is 1.78. The van der Waals surface area contributed by atoms with Crippen LogP contribution in [0.25, 0.3) is 5.70 Å². The Morgan fingerprint density at radius 3 is 2.88 bits per heavy atom. The van der Waals surface area contributed by atoms with Crippen LogP contribution in [-0.2, 0) is 0 Å². The monoisotopic (exact) mass is 322 g/mol. The molecule has 0 amide bonds. The van der Waals surface area contributed by atoms with Gasteiger partial charge in [0.15, 0.2) is 5.70 Å². The molecule has 1 aromatic heterocycles. The van der Waals surface area contributed by atoms with Gasteiger partial charge in [-0.2, -0.15) is 9.98 Å². The Kier molecular flexibility index (Phi) is 2.89. The summed E-state index contributed by atoms with van der Waals surface area (Å²) in [5.41, 5.74) is 4.14. The van der Waals surface area contributed by atoms with Gasteiger partial charge in [0.05, 0.1) is 0 Å². The zero-order chi connectivity index (χ0) is 16.3. The standard InChI is InChI=1S/C17H18N6O/c1-21(2)23-9-14-15(16-19-17(24-20-16)11-7-8-11)18-10-22(14)12-5-3-4-6-13(12)23/h3-6,10-11H,7-9H2,1-2H3/q+1. The van der Waals surface area contributed by atoms with Gasteiger partial charge in [0.25, 0.3) is 6.34 Å². The minimum atomic E-state index is 0.448. The first-order valence-electron chi connectivity index (χ1n) is 8.17. The third kappa shape index (κ3) is 2.02. The van der Waals surface area contributed by atoms with Gasteiger partial charge < -0.3 is 4.52 Å². The predicted octanol–water partition coefficient (Wildman–Crippen LogP) is 2.43. The van der Waals surface area contributed by atoms with Crippen molar-refractivity contribution in [3.63, 3.8) is 0 Å². The number of hydrogen-bond acceptors (Lipinski definition) is 7. The highest BCUT2D eigenvalue weighted by Gasteiger charge is 2.43. The molecule has 0 N–H and O–H groups in total. The summed E-state index contributed by atoms with van der Waals surface area (Å²) < 4.78 is 5.41. The molecule has 1 aromatic carbocycles. The molecule has 2 aromatic rings. The quantitative estimate of drug-likeness (QED) is 0.812. The lowest BCUT2D eigenvalue weighted by Crippen LogP contribution is -2.45. The maximum Gasteiger partial charge on any atom is 0.251 e. The van der Waals surface area contributed by atoms with E-state index in [4.69, 9.17) is 4.52 Å². The van der Waals surface area contributed by atoms with Gasteiger partial charge in [0.2, 0.25) is 23.1 Å². The van der Waals surface area contributed by atoms with Gasteiger partial charge >= 0.3 is 0 Å². The fourth-order valence-electron chi connectivity index (χ4n) is 3.22. The highest BCUT2D eigenvalue weighted by Crippen LogP contribution is 2.42. The van der Waals surface area contributed by atoms with Crippen LogP contribution < -0.4 is 9.91 Å². The first-order valence-corrected chi connectivity index (χ1v) is 8.17. The topological polar surface area (TPSA) is 63.7 Å². The largest absolute Gasteiger partial charge is 0.339 e. The van der Waals surface area contributed by atoms with Gasteiger partial charge in [-0.05, 0) is 23.8 Å². The van der Waals surface area contributed by atoms with Crippen molar-refractivity contribution in [2.75, 3.05) is 25.6 Å². The maximum absolute atomic E-state index is 5.41. The van der Waals surface area contributed by atoms with Crippen molar-refractivity contribution in [2.45, 2.75) is 18.8 Å². The molecule has 7 nitrogen and oxygen atoms in total. The van der Waals surface area contributed by atoms with E-state index >= 15 is 0 Å². The molecule has 0 saturated heterocycles. The highest BCUT2D eigenvalue weighted by molar-refractivity contribution is 5.92.